The van der Waals surface area contributed by atoms with Gasteiger partial charge in [-0.25, -0.2) is 14.8 Å². The van der Waals surface area contributed by atoms with Crippen LogP contribution in [-0.4, -0.2) is 57.3 Å². The molecule has 0 aliphatic carbocycles. The number of aromatic nitrogens is 3. The molecule has 26 heavy (non-hydrogen) atoms. The highest BCUT2D eigenvalue weighted by molar-refractivity contribution is 5.87. The molecule has 1 atom stereocenters. The molecular formula is C19H29N5O2. The molecule has 1 aliphatic heterocycles. The van der Waals surface area contributed by atoms with E-state index in [2.05, 4.69) is 21.9 Å². The van der Waals surface area contributed by atoms with Crippen molar-refractivity contribution in [1.82, 2.24) is 19.4 Å². The quantitative estimate of drug-likeness (QED) is 0.824. The van der Waals surface area contributed by atoms with E-state index in [0.29, 0.717) is 6.54 Å². The van der Waals surface area contributed by atoms with Gasteiger partial charge in [-0.05, 0) is 46.1 Å². The van der Waals surface area contributed by atoms with Crippen molar-refractivity contribution in [2.75, 3.05) is 25.0 Å². The van der Waals surface area contributed by atoms with Crippen LogP contribution in [0.1, 0.15) is 40.0 Å². The highest BCUT2D eigenvalue weighted by atomic mass is 16.6. The van der Waals surface area contributed by atoms with Gasteiger partial charge in [0.05, 0.1) is 5.39 Å². The number of ether oxygens (including phenoxy) is 1. The largest absolute Gasteiger partial charge is 0.444 e. The van der Waals surface area contributed by atoms with Crippen molar-refractivity contribution in [2.24, 2.45) is 7.05 Å². The third kappa shape index (κ3) is 3.92. The van der Waals surface area contributed by atoms with Gasteiger partial charge in [-0.2, -0.15) is 0 Å². The summed E-state index contributed by atoms with van der Waals surface area (Å²) in [4.78, 5) is 25.5. The highest BCUT2D eigenvalue weighted by Crippen LogP contribution is 2.27. The summed E-state index contributed by atoms with van der Waals surface area (Å²) in [5.41, 5.74) is 0.438. The van der Waals surface area contributed by atoms with Gasteiger partial charge < -0.3 is 19.1 Å². The molecule has 1 fully saturated rings. The summed E-state index contributed by atoms with van der Waals surface area (Å²) in [5.74, 6) is 0.909. The van der Waals surface area contributed by atoms with Crippen LogP contribution in [0.25, 0.3) is 11.0 Å². The van der Waals surface area contributed by atoms with Gasteiger partial charge in [0.25, 0.3) is 0 Å². The first-order valence-corrected chi connectivity index (χ1v) is 9.23. The van der Waals surface area contributed by atoms with Gasteiger partial charge >= 0.3 is 6.09 Å². The number of hydrogen-bond donors (Lipinski definition) is 0. The molecule has 1 unspecified atom stereocenters. The Labute approximate surface area is 155 Å². The molecule has 1 amide bonds. The summed E-state index contributed by atoms with van der Waals surface area (Å²) in [6.07, 6.45) is 6.47. The fourth-order valence-electron chi connectivity index (χ4n) is 3.45. The minimum atomic E-state index is -0.479. The number of anilines is 1. The molecule has 1 aliphatic rings. The second-order valence-electron chi connectivity index (χ2n) is 8.05. The molecule has 2 aromatic heterocycles. The van der Waals surface area contributed by atoms with Crippen molar-refractivity contribution in [1.29, 1.82) is 0 Å². The van der Waals surface area contributed by atoms with Gasteiger partial charge in [0, 0.05) is 39.4 Å². The molecule has 3 rings (SSSR count). The van der Waals surface area contributed by atoms with Crippen LogP contribution in [0.3, 0.4) is 0 Å². The predicted octanol–water partition coefficient (Wildman–Crippen LogP) is 3.19. The molecular weight excluding hydrogens is 330 g/mol. The Morgan fingerprint density at radius 2 is 2.08 bits per heavy atom. The first-order valence-electron chi connectivity index (χ1n) is 9.23. The van der Waals surface area contributed by atoms with Gasteiger partial charge in [0.2, 0.25) is 0 Å². The highest BCUT2D eigenvalue weighted by Gasteiger charge is 2.29. The van der Waals surface area contributed by atoms with E-state index in [9.17, 15) is 4.79 Å². The van der Waals surface area contributed by atoms with Gasteiger partial charge in [-0.3, -0.25) is 0 Å². The summed E-state index contributed by atoms with van der Waals surface area (Å²) < 4.78 is 7.57. The zero-order valence-corrected chi connectivity index (χ0v) is 16.4. The van der Waals surface area contributed by atoms with E-state index in [1.54, 1.807) is 6.33 Å². The molecule has 1 saturated heterocycles. The van der Waals surface area contributed by atoms with E-state index in [1.165, 1.54) is 0 Å². The number of amides is 1. The van der Waals surface area contributed by atoms with E-state index in [-0.39, 0.29) is 12.1 Å². The topological polar surface area (TPSA) is 63.5 Å². The van der Waals surface area contributed by atoms with E-state index in [1.807, 2.05) is 49.5 Å². The van der Waals surface area contributed by atoms with E-state index >= 15 is 0 Å². The van der Waals surface area contributed by atoms with Crippen LogP contribution in [0.5, 0.6) is 0 Å². The van der Waals surface area contributed by atoms with Crippen molar-refractivity contribution in [3.63, 3.8) is 0 Å². The lowest BCUT2D eigenvalue weighted by Gasteiger charge is -2.33. The van der Waals surface area contributed by atoms with Crippen LogP contribution in [0.15, 0.2) is 18.6 Å². The normalized spacial score (nSPS) is 18.7. The second kappa shape index (κ2) is 7.13. The van der Waals surface area contributed by atoms with Crippen molar-refractivity contribution >= 4 is 22.9 Å². The Balaban J connectivity index is 1.81. The van der Waals surface area contributed by atoms with Crippen LogP contribution < -0.4 is 4.90 Å². The minimum absolute atomic E-state index is 0.198. The van der Waals surface area contributed by atoms with E-state index in [4.69, 9.17) is 4.74 Å². The van der Waals surface area contributed by atoms with Crippen molar-refractivity contribution in [3.05, 3.63) is 18.6 Å². The van der Waals surface area contributed by atoms with Gasteiger partial charge in [0.15, 0.2) is 0 Å². The molecule has 0 aromatic carbocycles. The first-order chi connectivity index (χ1) is 12.3. The lowest BCUT2D eigenvalue weighted by molar-refractivity contribution is 0.0249. The third-order valence-corrected chi connectivity index (χ3v) is 4.82. The van der Waals surface area contributed by atoms with Gasteiger partial charge in [-0.15, -0.1) is 0 Å². The standard InChI is InChI=1S/C19H29N5O2/c1-19(2,3)26-18(25)24-10-7-6-8-14(12-24)23(5)17-15-9-11-22(4)16(15)20-13-21-17/h9,11,13-14H,6-8,10,12H2,1-5H3. The Kier molecular flexibility index (Phi) is 5.07. The molecule has 0 saturated carbocycles. The molecule has 142 valence electrons. The molecule has 7 nitrogen and oxygen atoms in total. The smallest absolute Gasteiger partial charge is 0.410 e. The Hall–Kier alpha value is -2.31. The number of likely N-dealkylation sites (tertiary alicyclic amines) is 1. The Morgan fingerprint density at radius 1 is 1.31 bits per heavy atom. The summed E-state index contributed by atoms with van der Waals surface area (Å²) >= 11 is 0. The molecule has 3 heterocycles. The van der Waals surface area contributed by atoms with E-state index in [0.717, 1.165) is 42.7 Å². The lowest BCUT2D eigenvalue weighted by Crippen LogP contribution is -2.45. The number of carbonyl (C=O) groups excluding carboxylic acids is 1. The number of likely N-dealkylation sites (N-methyl/N-ethyl adjacent to an activating group) is 1. The summed E-state index contributed by atoms with van der Waals surface area (Å²) in [6.45, 7) is 7.09. The van der Waals surface area contributed by atoms with Crippen LogP contribution in [0.4, 0.5) is 10.6 Å². The molecule has 0 spiro atoms. The Morgan fingerprint density at radius 3 is 2.81 bits per heavy atom. The molecule has 2 aromatic rings. The predicted molar refractivity (Wildman–Crippen MR) is 102 cm³/mol. The van der Waals surface area contributed by atoms with Crippen LogP contribution in [0, 0.1) is 0 Å². The zero-order valence-electron chi connectivity index (χ0n) is 16.4. The fourth-order valence-corrected chi connectivity index (χ4v) is 3.45. The Bertz CT molecular complexity index is 780. The van der Waals surface area contributed by atoms with Gasteiger partial charge in [0.1, 0.15) is 23.4 Å². The van der Waals surface area contributed by atoms with Crippen LogP contribution >= 0.6 is 0 Å². The average Bonchev–Trinajstić information content (AvgIpc) is 2.81. The third-order valence-electron chi connectivity index (χ3n) is 4.82. The maximum absolute atomic E-state index is 12.5. The maximum atomic E-state index is 12.5. The number of aryl methyl sites for hydroxylation is 1. The number of rotatable bonds is 2. The van der Waals surface area contributed by atoms with Crippen LogP contribution in [-0.2, 0) is 11.8 Å². The van der Waals surface area contributed by atoms with Gasteiger partial charge in [-0.1, -0.05) is 0 Å². The minimum Gasteiger partial charge on any atom is -0.444 e. The molecule has 7 heteroatoms. The average molecular weight is 359 g/mol. The zero-order chi connectivity index (χ0) is 18.9. The SMILES string of the molecule is CN(c1ncnc2c1ccn2C)C1CCCCN(C(=O)OC(C)(C)C)C1. The fraction of sp³-hybridized carbons (Fsp3) is 0.632. The monoisotopic (exact) mass is 359 g/mol. The van der Waals surface area contributed by atoms with Crippen molar-refractivity contribution in [3.8, 4) is 0 Å². The second-order valence-corrected chi connectivity index (χ2v) is 8.05. The maximum Gasteiger partial charge on any atom is 0.410 e. The molecule has 0 bridgehead atoms. The van der Waals surface area contributed by atoms with Crippen molar-refractivity contribution < 1.29 is 9.53 Å². The number of fused-ring (bicyclic) bond motifs is 1. The van der Waals surface area contributed by atoms with E-state index < -0.39 is 5.60 Å². The summed E-state index contributed by atoms with van der Waals surface area (Å²) in [7, 11) is 4.03. The number of hydrogen-bond acceptors (Lipinski definition) is 5. The first kappa shape index (κ1) is 18.5. The number of carbonyl (C=O) groups is 1. The van der Waals surface area contributed by atoms with Crippen molar-refractivity contribution in [2.45, 2.75) is 51.7 Å². The lowest BCUT2D eigenvalue weighted by atomic mass is 10.1. The summed E-state index contributed by atoms with van der Waals surface area (Å²) in [6, 6.07) is 2.24. The molecule has 0 N–H and O–H groups in total. The number of nitrogens with zero attached hydrogens (tertiary/aromatic N) is 5. The van der Waals surface area contributed by atoms with Crippen LogP contribution in [0.2, 0.25) is 0 Å². The molecule has 0 radical (unpaired) electrons. The summed E-state index contributed by atoms with van der Waals surface area (Å²) in [5, 5.41) is 1.03.